The smallest absolute Gasteiger partial charge is 0.258 e. The van der Waals surface area contributed by atoms with E-state index in [0.29, 0.717) is 16.3 Å². The van der Waals surface area contributed by atoms with Crippen molar-refractivity contribution in [3.05, 3.63) is 64.9 Å². The van der Waals surface area contributed by atoms with Crippen molar-refractivity contribution >= 4 is 17.5 Å². The first kappa shape index (κ1) is 14.3. The van der Waals surface area contributed by atoms with Gasteiger partial charge in [-0.05, 0) is 18.2 Å². The van der Waals surface area contributed by atoms with Crippen LogP contribution in [0.2, 0.25) is 5.02 Å². The Morgan fingerprint density at radius 1 is 1.15 bits per heavy atom. The van der Waals surface area contributed by atoms with Crippen molar-refractivity contribution in [1.82, 2.24) is 5.32 Å². The predicted octanol–water partition coefficient (Wildman–Crippen LogP) is 3.17. The quantitative estimate of drug-likeness (QED) is 0.919. The van der Waals surface area contributed by atoms with Crippen molar-refractivity contribution in [2.24, 2.45) is 0 Å². The Hall–Kier alpha value is -2.07. The van der Waals surface area contributed by atoms with Gasteiger partial charge in [-0.15, -0.1) is 0 Å². The van der Waals surface area contributed by atoms with Gasteiger partial charge in [0.1, 0.15) is 11.6 Å². The molecule has 0 radical (unpaired) electrons. The number of carbonyl (C=O) groups is 1. The van der Waals surface area contributed by atoms with E-state index in [4.69, 9.17) is 16.3 Å². The maximum absolute atomic E-state index is 13.3. The Morgan fingerprint density at radius 2 is 1.85 bits per heavy atom. The van der Waals surface area contributed by atoms with Gasteiger partial charge in [-0.25, -0.2) is 4.39 Å². The summed E-state index contributed by atoms with van der Waals surface area (Å²) in [5.41, 5.74) is 0.429. The second kappa shape index (κ2) is 6.91. The molecule has 2 rings (SSSR count). The van der Waals surface area contributed by atoms with Gasteiger partial charge >= 0.3 is 0 Å². The second-order valence-electron chi connectivity index (χ2n) is 4.09. The van der Waals surface area contributed by atoms with Crippen LogP contribution in [-0.4, -0.2) is 12.5 Å². The van der Waals surface area contributed by atoms with Crippen LogP contribution >= 0.6 is 11.6 Å². The monoisotopic (exact) mass is 293 g/mol. The predicted molar refractivity (Wildman–Crippen MR) is 75.2 cm³/mol. The van der Waals surface area contributed by atoms with Crippen LogP contribution in [-0.2, 0) is 11.3 Å². The highest BCUT2D eigenvalue weighted by atomic mass is 35.5. The molecule has 0 atom stereocenters. The molecule has 0 aromatic heterocycles. The highest BCUT2D eigenvalue weighted by Gasteiger charge is 2.06. The highest BCUT2D eigenvalue weighted by Crippen LogP contribution is 2.22. The van der Waals surface area contributed by atoms with Gasteiger partial charge in [0.05, 0.1) is 5.02 Å². The van der Waals surface area contributed by atoms with Gasteiger partial charge in [-0.3, -0.25) is 4.79 Å². The molecule has 5 heteroatoms. The fourth-order valence-electron chi connectivity index (χ4n) is 1.59. The molecule has 0 saturated carbocycles. The zero-order chi connectivity index (χ0) is 14.4. The van der Waals surface area contributed by atoms with E-state index in [2.05, 4.69) is 5.32 Å². The summed E-state index contributed by atoms with van der Waals surface area (Å²) >= 11 is 5.90. The summed E-state index contributed by atoms with van der Waals surface area (Å²) in [4.78, 5) is 11.6. The number of halogens is 2. The van der Waals surface area contributed by atoms with E-state index in [-0.39, 0.29) is 24.9 Å². The molecule has 0 saturated heterocycles. The average molecular weight is 294 g/mol. The fraction of sp³-hybridized carbons (Fsp3) is 0.133. The molecule has 3 nitrogen and oxygen atoms in total. The Labute approximate surface area is 121 Å². The third-order valence-corrected chi connectivity index (χ3v) is 2.94. The van der Waals surface area contributed by atoms with Gasteiger partial charge in [-0.2, -0.15) is 0 Å². The number of rotatable bonds is 5. The molecular formula is C15H13ClFNO2. The van der Waals surface area contributed by atoms with Crippen LogP contribution in [0.1, 0.15) is 5.56 Å². The van der Waals surface area contributed by atoms with Crippen LogP contribution in [0.3, 0.4) is 0 Å². The minimum absolute atomic E-state index is 0.122. The number of amides is 1. The van der Waals surface area contributed by atoms with Crippen molar-refractivity contribution in [2.45, 2.75) is 6.54 Å². The van der Waals surface area contributed by atoms with Gasteiger partial charge in [-0.1, -0.05) is 41.9 Å². The van der Waals surface area contributed by atoms with E-state index in [1.165, 1.54) is 6.07 Å². The van der Waals surface area contributed by atoms with E-state index in [1.54, 1.807) is 42.5 Å². The zero-order valence-corrected chi connectivity index (χ0v) is 11.4. The summed E-state index contributed by atoms with van der Waals surface area (Å²) in [6.45, 7) is -0.0461. The lowest BCUT2D eigenvalue weighted by atomic mass is 10.2. The number of carbonyl (C=O) groups excluding carboxylic acids is 1. The standard InChI is InChI=1S/C15H13ClFNO2/c16-12-6-2-4-8-14(12)20-10-15(19)18-9-11-5-1-3-7-13(11)17/h1-8H,9-10H2,(H,18,19). The topological polar surface area (TPSA) is 38.3 Å². The lowest BCUT2D eigenvalue weighted by Gasteiger charge is -2.09. The third-order valence-electron chi connectivity index (χ3n) is 2.63. The van der Waals surface area contributed by atoms with Gasteiger partial charge in [0.15, 0.2) is 6.61 Å². The molecule has 0 aliphatic rings. The Morgan fingerprint density at radius 3 is 2.60 bits per heavy atom. The SMILES string of the molecule is O=C(COc1ccccc1Cl)NCc1ccccc1F. The van der Waals surface area contributed by atoms with Crippen molar-refractivity contribution in [1.29, 1.82) is 0 Å². The lowest BCUT2D eigenvalue weighted by molar-refractivity contribution is -0.123. The molecule has 0 fully saturated rings. The fourth-order valence-corrected chi connectivity index (χ4v) is 1.78. The number of hydrogen-bond acceptors (Lipinski definition) is 2. The van der Waals surface area contributed by atoms with Crippen LogP contribution < -0.4 is 10.1 Å². The second-order valence-corrected chi connectivity index (χ2v) is 4.49. The zero-order valence-electron chi connectivity index (χ0n) is 10.6. The third kappa shape index (κ3) is 3.96. The molecule has 1 amide bonds. The van der Waals surface area contributed by atoms with Gasteiger partial charge in [0, 0.05) is 12.1 Å². The summed E-state index contributed by atoms with van der Waals surface area (Å²) in [6.07, 6.45) is 0. The van der Waals surface area contributed by atoms with E-state index in [0.717, 1.165) is 0 Å². The largest absolute Gasteiger partial charge is 0.482 e. The summed E-state index contributed by atoms with van der Waals surface area (Å²) in [7, 11) is 0. The molecule has 0 bridgehead atoms. The molecule has 0 spiro atoms. The van der Waals surface area contributed by atoms with Crippen LogP contribution in [0.25, 0.3) is 0 Å². The lowest BCUT2D eigenvalue weighted by Crippen LogP contribution is -2.28. The van der Waals surface area contributed by atoms with E-state index >= 15 is 0 Å². The van der Waals surface area contributed by atoms with Gasteiger partial charge in [0.2, 0.25) is 0 Å². The molecule has 2 aromatic rings. The molecule has 104 valence electrons. The molecule has 20 heavy (non-hydrogen) atoms. The van der Waals surface area contributed by atoms with Crippen LogP contribution in [0, 0.1) is 5.82 Å². The molecule has 0 heterocycles. The van der Waals surface area contributed by atoms with Crippen molar-refractivity contribution in [3.8, 4) is 5.75 Å². The van der Waals surface area contributed by atoms with E-state index in [1.807, 2.05) is 0 Å². The minimum atomic E-state index is -0.347. The summed E-state index contributed by atoms with van der Waals surface area (Å²) < 4.78 is 18.6. The summed E-state index contributed by atoms with van der Waals surface area (Å²) in [5, 5.41) is 3.02. The van der Waals surface area contributed by atoms with E-state index < -0.39 is 0 Å². The average Bonchev–Trinajstić information content (AvgIpc) is 2.45. The number of benzene rings is 2. The number of para-hydroxylation sites is 1. The first-order chi connectivity index (χ1) is 9.66. The first-order valence-corrected chi connectivity index (χ1v) is 6.42. The normalized spacial score (nSPS) is 10.1. The number of nitrogens with one attached hydrogen (secondary N) is 1. The summed E-state index contributed by atoms with van der Waals surface area (Å²) in [5.74, 6) is -0.247. The summed E-state index contributed by atoms with van der Waals surface area (Å²) in [6, 6.07) is 13.2. The Balaban J connectivity index is 1.82. The molecular weight excluding hydrogens is 281 g/mol. The Bertz CT molecular complexity index is 552. The minimum Gasteiger partial charge on any atom is -0.482 e. The van der Waals surface area contributed by atoms with Crippen molar-refractivity contribution in [3.63, 3.8) is 0 Å². The molecule has 1 N–H and O–H groups in total. The number of hydrogen-bond donors (Lipinski definition) is 1. The maximum atomic E-state index is 13.3. The molecule has 0 aliphatic heterocycles. The van der Waals surface area contributed by atoms with Crippen molar-refractivity contribution < 1.29 is 13.9 Å². The number of ether oxygens (including phenoxy) is 1. The van der Waals surface area contributed by atoms with Crippen LogP contribution in [0.4, 0.5) is 4.39 Å². The maximum Gasteiger partial charge on any atom is 0.258 e. The van der Waals surface area contributed by atoms with Crippen molar-refractivity contribution in [2.75, 3.05) is 6.61 Å². The van der Waals surface area contributed by atoms with Gasteiger partial charge in [0.25, 0.3) is 5.91 Å². The highest BCUT2D eigenvalue weighted by molar-refractivity contribution is 6.32. The molecule has 2 aromatic carbocycles. The molecule has 0 aliphatic carbocycles. The first-order valence-electron chi connectivity index (χ1n) is 6.04. The van der Waals surface area contributed by atoms with Gasteiger partial charge < -0.3 is 10.1 Å². The van der Waals surface area contributed by atoms with Crippen LogP contribution in [0.15, 0.2) is 48.5 Å². The Kier molecular flexibility index (Phi) is 4.96. The molecule has 0 unspecified atom stereocenters. The van der Waals surface area contributed by atoms with E-state index in [9.17, 15) is 9.18 Å². The van der Waals surface area contributed by atoms with Crippen LogP contribution in [0.5, 0.6) is 5.75 Å².